The fourth-order valence-corrected chi connectivity index (χ4v) is 2.25. The smallest absolute Gasteiger partial charge is 0.328 e. The molecule has 2 atom stereocenters. The number of benzene rings is 1. The summed E-state index contributed by atoms with van der Waals surface area (Å²) in [6.07, 6.45) is 0.679. The highest BCUT2D eigenvalue weighted by Gasteiger charge is 2.29. The molecule has 1 fully saturated rings. The molecular formula is C15H18FNO4. The van der Waals surface area contributed by atoms with Crippen molar-refractivity contribution in [2.24, 2.45) is 5.92 Å². The van der Waals surface area contributed by atoms with E-state index in [2.05, 4.69) is 10.1 Å². The van der Waals surface area contributed by atoms with Crippen molar-refractivity contribution in [2.45, 2.75) is 18.9 Å². The van der Waals surface area contributed by atoms with E-state index in [4.69, 9.17) is 4.74 Å². The molecule has 21 heavy (non-hydrogen) atoms. The van der Waals surface area contributed by atoms with Crippen LogP contribution in [0, 0.1) is 11.7 Å². The van der Waals surface area contributed by atoms with Gasteiger partial charge in [-0.05, 0) is 18.1 Å². The van der Waals surface area contributed by atoms with Gasteiger partial charge < -0.3 is 14.8 Å². The molecule has 2 rings (SSSR count). The number of carbonyl (C=O) groups excluding carboxylic acids is 2. The van der Waals surface area contributed by atoms with E-state index in [0.29, 0.717) is 25.2 Å². The number of ether oxygens (including phenoxy) is 2. The van der Waals surface area contributed by atoms with Crippen LogP contribution >= 0.6 is 0 Å². The summed E-state index contributed by atoms with van der Waals surface area (Å²) in [5.74, 6) is -1.53. The third-order valence-electron chi connectivity index (χ3n) is 3.48. The molecule has 1 N–H and O–H groups in total. The Morgan fingerprint density at radius 3 is 2.86 bits per heavy atom. The van der Waals surface area contributed by atoms with Gasteiger partial charge in [-0.25, -0.2) is 9.18 Å². The summed E-state index contributed by atoms with van der Waals surface area (Å²) >= 11 is 0. The summed E-state index contributed by atoms with van der Waals surface area (Å²) in [7, 11) is 1.24. The van der Waals surface area contributed by atoms with Crippen LogP contribution in [0.25, 0.3) is 0 Å². The number of nitrogens with one attached hydrogen (secondary N) is 1. The SMILES string of the molecule is COC(=O)[C@H](Cc1ccccc1F)NC(=O)[C@H]1CCOC1. The van der Waals surface area contributed by atoms with Crippen LogP contribution in [0.3, 0.4) is 0 Å². The second kappa shape index (κ2) is 7.17. The second-order valence-electron chi connectivity index (χ2n) is 4.94. The minimum absolute atomic E-state index is 0.0542. The van der Waals surface area contributed by atoms with Gasteiger partial charge in [-0.3, -0.25) is 4.79 Å². The van der Waals surface area contributed by atoms with Crippen molar-refractivity contribution in [3.63, 3.8) is 0 Å². The predicted molar refractivity (Wildman–Crippen MR) is 73.0 cm³/mol. The Hall–Kier alpha value is -1.95. The third-order valence-corrected chi connectivity index (χ3v) is 3.48. The predicted octanol–water partition coefficient (Wildman–Crippen LogP) is 1.06. The number of amides is 1. The first-order valence-corrected chi connectivity index (χ1v) is 6.81. The van der Waals surface area contributed by atoms with Gasteiger partial charge in [0.2, 0.25) is 5.91 Å². The van der Waals surface area contributed by atoms with Gasteiger partial charge in [-0.15, -0.1) is 0 Å². The summed E-state index contributed by atoms with van der Waals surface area (Å²) in [5.41, 5.74) is 0.357. The Kier molecular flexibility index (Phi) is 5.27. The van der Waals surface area contributed by atoms with Crippen LogP contribution in [-0.4, -0.2) is 38.2 Å². The molecule has 114 valence electrons. The standard InChI is InChI=1S/C15H18FNO4/c1-20-15(19)13(8-10-4-2-3-5-12(10)16)17-14(18)11-6-7-21-9-11/h2-5,11,13H,6-9H2,1H3,(H,17,18)/t11-,13-/m0/s1. The molecule has 0 radical (unpaired) electrons. The van der Waals surface area contributed by atoms with Crippen molar-refractivity contribution in [1.29, 1.82) is 0 Å². The van der Waals surface area contributed by atoms with Gasteiger partial charge in [0.15, 0.2) is 0 Å². The highest BCUT2D eigenvalue weighted by atomic mass is 19.1. The normalized spacial score (nSPS) is 19.0. The van der Waals surface area contributed by atoms with E-state index in [0.717, 1.165) is 0 Å². The minimum Gasteiger partial charge on any atom is -0.467 e. The quantitative estimate of drug-likeness (QED) is 0.825. The first-order valence-electron chi connectivity index (χ1n) is 6.81. The van der Waals surface area contributed by atoms with Crippen molar-refractivity contribution < 1.29 is 23.5 Å². The van der Waals surface area contributed by atoms with E-state index in [1.165, 1.54) is 13.2 Å². The van der Waals surface area contributed by atoms with E-state index in [9.17, 15) is 14.0 Å². The van der Waals surface area contributed by atoms with E-state index in [-0.39, 0.29) is 18.2 Å². The van der Waals surface area contributed by atoms with Crippen LogP contribution in [0.1, 0.15) is 12.0 Å². The molecular weight excluding hydrogens is 277 g/mol. The lowest BCUT2D eigenvalue weighted by atomic mass is 10.0. The van der Waals surface area contributed by atoms with Crippen molar-refractivity contribution in [3.05, 3.63) is 35.6 Å². The van der Waals surface area contributed by atoms with Crippen LogP contribution in [-0.2, 0) is 25.5 Å². The number of hydrogen-bond acceptors (Lipinski definition) is 4. The molecule has 0 aromatic heterocycles. The highest BCUT2D eigenvalue weighted by Crippen LogP contribution is 2.14. The van der Waals surface area contributed by atoms with Crippen molar-refractivity contribution in [1.82, 2.24) is 5.32 Å². The highest BCUT2D eigenvalue weighted by molar-refractivity contribution is 5.86. The van der Waals surface area contributed by atoms with Crippen LogP contribution in [0.5, 0.6) is 0 Å². The minimum atomic E-state index is -0.903. The Labute approximate surface area is 122 Å². The van der Waals surface area contributed by atoms with Gasteiger partial charge in [-0.2, -0.15) is 0 Å². The van der Waals surface area contributed by atoms with Gasteiger partial charge in [0.25, 0.3) is 0 Å². The summed E-state index contributed by atoms with van der Waals surface area (Å²) in [6, 6.07) is 5.24. The molecule has 1 amide bonds. The van der Waals surface area contributed by atoms with Gasteiger partial charge >= 0.3 is 5.97 Å². The summed E-state index contributed by atoms with van der Waals surface area (Å²) in [4.78, 5) is 23.8. The summed E-state index contributed by atoms with van der Waals surface area (Å²) in [5, 5.41) is 2.63. The number of halogens is 1. The largest absolute Gasteiger partial charge is 0.467 e. The molecule has 1 heterocycles. The van der Waals surface area contributed by atoms with Gasteiger partial charge in [0.05, 0.1) is 19.6 Å². The zero-order chi connectivity index (χ0) is 15.2. The fourth-order valence-electron chi connectivity index (χ4n) is 2.25. The van der Waals surface area contributed by atoms with E-state index in [1.807, 2.05) is 0 Å². The van der Waals surface area contributed by atoms with E-state index in [1.54, 1.807) is 18.2 Å². The number of esters is 1. The van der Waals surface area contributed by atoms with Gasteiger partial charge in [-0.1, -0.05) is 18.2 Å². The molecule has 0 bridgehead atoms. The van der Waals surface area contributed by atoms with Crippen LogP contribution in [0.4, 0.5) is 4.39 Å². The number of rotatable bonds is 5. The Balaban J connectivity index is 2.06. The molecule has 0 spiro atoms. The molecule has 1 aromatic rings. The first-order chi connectivity index (χ1) is 10.1. The average Bonchev–Trinajstić information content (AvgIpc) is 3.02. The van der Waals surface area contributed by atoms with Crippen molar-refractivity contribution >= 4 is 11.9 Å². The number of hydrogen-bond donors (Lipinski definition) is 1. The average molecular weight is 295 g/mol. The molecule has 1 saturated heterocycles. The second-order valence-corrected chi connectivity index (χ2v) is 4.94. The maximum absolute atomic E-state index is 13.7. The lowest BCUT2D eigenvalue weighted by molar-refractivity contribution is -0.145. The van der Waals surface area contributed by atoms with Crippen molar-refractivity contribution in [2.75, 3.05) is 20.3 Å². The van der Waals surface area contributed by atoms with Crippen LogP contribution in [0.15, 0.2) is 24.3 Å². The molecule has 1 aromatic carbocycles. The third kappa shape index (κ3) is 4.01. The zero-order valence-corrected chi connectivity index (χ0v) is 11.8. The molecule has 1 aliphatic heterocycles. The monoisotopic (exact) mass is 295 g/mol. The van der Waals surface area contributed by atoms with E-state index >= 15 is 0 Å². The maximum atomic E-state index is 13.7. The number of methoxy groups -OCH3 is 1. The molecule has 5 nitrogen and oxygen atoms in total. The number of carbonyl (C=O) groups is 2. The molecule has 0 aliphatic carbocycles. The van der Waals surface area contributed by atoms with Crippen LogP contribution in [0.2, 0.25) is 0 Å². The van der Waals surface area contributed by atoms with Gasteiger partial charge in [0.1, 0.15) is 11.9 Å². The Morgan fingerprint density at radius 2 is 2.24 bits per heavy atom. The van der Waals surface area contributed by atoms with Crippen molar-refractivity contribution in [3.8, 4) is 0 Å². The molecule has 0 unspecified atom stereocenters. The summed E-state index contributed by atoms with van der Waals surface area (Å²) in [6.45, 7) is 0.883. The Bertz CT molecular complexity index is 514. The first kappa shape index (κ1) is 15.4. The van der Waals surface area contributed by atoms with Crippen LogP contribution < -0.4 is 5.32 Å². The molecule has 6 heteroatoms. The lowest BCUT2D eigenvalue weighted by Crippen LogP contribution is -2.45. The molecule has 1 aliphatic rings. The van der Waals surface area contributed by atoms with Gasteiger partial charge in [0, 0.05) is 13.0 Å². The lowest BCUT2D eigenvalue weighted by Gasteiger charge is -2.18. The fraction of sp³-hybridized carbons (Fsp3) is 0.467. The van der Waals surface area contributed by atoms with E-state index < -0.39 is 17.8 Å². The topological polar surface area (TPSA) is 64.6 Å². The summed E-state index contributed by atoms with van der Waals surface area (Å²) < 4.78 is 23.5. The maximum Gasteiger partial charge on any atom is 0.328 e. The zero-order valence-electron chi connectivity index (χ0n) is 11.8. The molecule has 0 saturated carbocycles. The Morgan fingerprint density at radius 1 is 1.48 bits per heavy atom.